The number of rotatable bonds is 3. The van der Waals surface area contributed by atoms with Crippen molar-refractivity contribution in [3.63, 3.8) is 0 Å². The van der Waals surface area contributed by atoms with E-state index in [1.165, 1.54) is 5.56 Å². The van der Waals surface area contributed by atoms with E-state index in [1.54, 1.807) is 17.8 Å². The molecule has 2 aromatic rings. The van der Waals surface area contributed by atoms with Crippen LogP contribution in [0.2, 0.25) is 0 Å². The predicted octanol–water partition coefficient (Wildman–Crippen LogP) is -0.309. The molecule has 82 valence electrons. The first-order valence-corrected chi connectivity index (χ1v) is 5.09. The molecular formula is C11H13BN2O2. The molecule has 0 bridgehead atoms. The van der Waals surface area contributed by atoms with Crippen molar-refractivity contribution in [3.8, 4) is 0 Å². The average Bonchev–Trinajstić information content (AvgIpc) is 2.62. The molecule has 2 N–H and O–H groups in total. The Kier molecular flexibility index (Phi) is 3.08. The van der Waals surface area contributed by atoms with Crippen LogP contribution in [-0.4, -0.2) is 26.9 Å². The van der Waals surface area contributed by atoms with Crippen LogP contribution in [-0.2, 0) is 13.5 Å². The molecule has 0 spiro atoms. The molecule has 0 saturated carbocycles. The Morgan fingerprint density at radius 1 is 1.25 bits per heavy atom. The van der Waals surface area contributed by atoms with E-state index >= 15 is 0 Å². The van der Waals surface area contributed by atoms with Crippen molar-refractivity contribution < 1.29 is 10.0 Å². The van der Waals surface area contributed by atoms with Gasteiger partial charge in [0.05, 0.1) is 5.59 Å². The van der Waals surface area contributed by atoms with Crippen LogP contribution < -0.4 is 5.59 Å². The monoisotopic (exact) mass is 216 g/mol. The molecule has 0 unspecified atom stereocenters. The molecule has 0 aliphatic heterocycles. The molecule has 1 aromatic heterocycles. The highest BCUT2D eigenvalue weighted by Crippen LogP contribution is 2.06. The Morgan fingerprint density at radius 3 is 2.50 bits per heavy atom. The molecule has 1 heterocycles. The number of hydrogen-bond acceptors (Lipinski definition) is 3. The van der Waals surface area contributed by atoms with E-state index in [2.05, 4.69) is 5.10 Å². The van der Waals surface area contributed by atoms with Gasteiger partial charge in [-0.25, -0.2) is 0 Å². The van der Waals surface area contributed by atoms with Crippen LogP contribution in [0.5, 0.6) is 0 Å². The van der Waals surface area contributed by atoms with E-state index in [0.717, 1.165) is 12.1 Å². The van der Waals surface area contributed by atoms with Crippen molar-refractivity contribution >= 4 is 12.7 Å². The first-order chi connectivity index (χ1) is 7.66. The smallest absolute Gasteiger partial charge is 0.422 e. The molecule has 2 rings (SSSR count). The summed E-state index contributed by atoms with van der Waals surface area (Å²) in [6, 6.07) is 11.7. The topological polar surface area (TPSA) is 58.3 Å². The third kappa shape index (κ3) is 2.32. The summed E-state index contributed by atoms with van der Waals surface area (Å²) in [7, 11) is 0.292. The van der Waals surface area contributed by atoms with Crippen molar-refractivity contribution in [2.24, 2.45) is 7.05 Å². The van der Waals surface area contributed by atoms with Crippen molar-refractivity contribution in [2.45, 2.75) is 6.42 Å². The van der Waals surface area contributed by atoms with Crippen molar-refractivity contribution in [2.75, 3.05) is 0 Å². The second-order valence-corrected chi connectivity index (χ2v) is 3.72. The molecule has 5 heteroatoms. The molecule has 0 aliphatic carbocycles. The van der Waals surface area contributed by atoms with Crippen molar-refractivity contribution in [1.82, 2.24) is 9.78 Å². The van der Waals surface area contributed by atoms with Gasteiger partial charge in [-0.3, -0.25) is 4.68 Å². The largest absolute Gasteiger partial charge is 0.510 e. The van der Waals surface area contributed by atoms with E-state index in [4.69, 9.17) is 10.0 Å². The van der Waals surface area contributed by atoms with Gasteiger partial charge >= 0.3 is 7.12 Å². The molecule has 4 nitrogen and oxygen atoms in total. The summed E-state index contributed by atoms with van der Waals surface area (Å²) in [4.78, 5) is 0. The van der Waals surface area contributed by atoms with Gasteiger partial charge in [-0.2, -0.15) is 5.10 Å². The second kappa shape index (κ2) is 4.51. The van der Waals surface area contributed by atoms with E-state index in [9.17, 15) is 0 Å². The summed E-state index contributed by atoms with van der Waals surface area (Å²) in [5, 5.41) is 22.0. The van der Waals surface area contributed by atoms with Gasteiger partial charge in [0.25, 0.3) is 0 Å². The maximum absolute atomic E-state index is 9.01. The minimum atomic E-state index is -1.50. The minimum absolute atomic E-state index is 0.286. The number of nitrogens with zero attached hydrogens (tertiary/aromatic N) is 2. The SMILES string of the molecule is Cn1nc(B(O)O)cc1Cc1ccccc1. The predicted molar refractivity (Wildman–Crippen MR) is 62.3 cm³/mol. The third-order valence-electron chi connectivity index (χ3n) is 2.49. The van der Waals surface area contributed by atoms with Gasteiger partial charge in [-0.15, -0.1) is 0 Å². The molecule has 0 fully saturated rings. The Hall–Kier alpha value is -1.59. The maximum Gasteiger partial charge on any atom is 0.510 e. The lowest BCUT2D eigenvalue weighted by Gasteiger charge is -2.01. The van der Waals surface area contributed by atoms with Crippen LogP contribution in [0.15, 0.2) is 36.4 Å². The van der Waals surface area contributed by atoms with Gasteiger partial charge < -0.3 is 10.0 Å². The summed E-state index contributed by atoms with van der Waals surface area (Å²) in [5.74, 6) is 0. The van der Waals surface area contributed by atoms with Crippen LogP contribution in [0.3, 0.4) is 0 Å². The normalized spacial score (nSPS) is 10.4. The highest BCUT2D eigenvalue weighted by molar-refractivity contribution is 6.57. The number of aromatic nitrogens is 2. The van der Waals surface area contributed by atoms with Crippen LogP contribution in [0, 0.1) is 0 Å². The van der Waals surface area contributed by atoms with Gasteiger partial charge in [0.15, 0.2) is 0 Å². The first-order valence-electron chi connectivity index (χ1n) is 5.09. The Labute approximate surface area is 94.3 Å². The van der Waals surface area contributed by atoms with Gasteiger partial charge in [-0.1, -0.05) is 30.3 Å². The molecule has 1 aromatic carbocycles. The zero-order valence-corrected chi connectivity index (χ0v) is 9.04. The van der Waals surface area contributed by atoms with E-state index < -0.39 is 7.12 Å². The minimum Gasteiger partial charge on any atom is -0.422 e. The summed E-state index contributed by atoms with van der Waals surface area (Å²) >= 11 is 0. The Bertz CT molecular complexity index is 468. The second-order valence-electron chi connectivity index (χ2n) is 3.72. The maximum atomic E-state index is 9.01. The molecule has 16 heavy (non-hydrogen) atoms. The van der Waals surface area contributed by atoms with Gasteiger partial charge in [0, 0.05) is 19.2 Å². The summed E-state index contributed by atoms with van der Waals surface area (Å²) in [6.45, 7) is 0. The quantitative estimate of drug-likeness (QED) is 0.692. The Morgan fingerprint density at radius 2 is 1.94 bits per heavy atom. The van der Waals surface area contributed by atoms with Gasteiger partial charge in [0.1, 0.15) is 0 Å². The highest BCUT2D eigenvalue weighted by atomic mass is 16.4. The fourth-order valence-corrected chi connectivity index (χ4v) is 1.63. The first kappa shape index (κ1) is 10.9. The summed E-state index contributed by atoms with van der Waals surface area (Å²) in [6.07, 6.45) is 0.733. The Balaban J connectivity index is 2.22. The fraction of sp³-hybridized carbons (Fsp3) is 0.182. The lowest BCUT2D eigenvalue weighted by atomic mass is 9.86. The standard InChI is InChI=1S/C11H13BN2O2/c1-14-10(8-11(13-14)12(15)16)7-9-5-3-2-4-6-9/h2-6,8,15-16H,7H2,1H3. The molecule has 0 aliphatic rings. The molecule has 0 atom stereocenters. The average molecular weight is 216 g/mol. The van der Waals surface area contributed by atoms with Gasteiger partial charge in [0.2, 0.25) is 0 Å². The number of hydrogen-bond donors (Lipinski definition) is 2. The molecule has 0 saturated heterocycles. The number of benzene rings is 1. The molecular weight excluding hydrogens is 203 g/mol. The van der Waals surface area contributed by atoms with E-state index in [-0.39, 0.29) is 5.59 Å². The fourth-order valence-electron chi connectivity index (χ4n) is 1.63. The van der Waals surface area contributed by atoms with Crippen molar-refractivity contribution in [1.29, 1.82) is 0 Å². The van der Waals surface area contributed by atoms with E-state index in [1.807, 2.05) is 30.3 Å². The molecule has 0 radical (unpaired) electrons. The van der Waals surface area contributed by atoms with Gasteiger partial charge in [-0.05, 0) is 11.6 Å². The van der Waals surface area contributed by atoms with Crippen LogP contribution >= 0.6 is 0 Å². The summed E-state index contributed by atoms with van der Waals surface area (Å²) in [5.41, 5.74) is 2.41. The van der Waals surface area contributed by atoms with Crippen LogP contribution in [0.1, 0.15) is 11.3 Å². The van der Waals surface area contributed by atoms with Crippen LogP contribution in [0.25, 0.3) is 0 Å². The van der Waals surface area contributed by atoms with Crippen molar-refractivity contribution in [3.05, 3.63) is 47.7 Å². The third-order valence-corrected chi connectivity index (χ3v) is 2.49. The highest BCUT2D eigenvalue weighted by Gasteiger charge is 2.16. The summed E-state index contributed by atoms with van der Waals surface area (Å²) < 4.78 is 1.67. The zero-order valence-electron chi connectivity index (χ0n) is 9.04. The zero-order chi connectivity index (χ0) is 11.5. The lowest BCUT2D eigenvalue weighted by Crippen LogP contribution is -2.31. The number of aryl methyl sites for hydroxylation is 1. The molecule has 0 amide bonds. The lowest BCUT2D eigenvalue weighted by molar-refractivity contribution is 0.423. The van der Waals surface area contributed by atoms with Crippen LogP contribution in [0.4, 0.5) is 0 Å². The van der Waals surface area contributed by atoms with E-state index in [0.29, 0.717) is 0 Å².